The summed E-state index contributed by atoms with van der Waals surface area (Å²) in [5, 5.41) is 2.69. The van der Waals surface area contributed by atoms with Gasteiger partial charge < -0.3 is 9.64 Å². The topological polar surface area (TPSA) is 16.4 Å². The second kappa shape index (κ2) is 8.39. The van der Waals surface area contributed by atoms with Crippen LogP contribution in [0, 0.1) is 0 Å². The zero-order valence-corrected chi connectivity index (χ0v) is 19.0. The summed E-state index contributed by atoms with van der Waals surface area (Å²) < 4.78 is 9.68. The molecule has 0 amide bonds. The first-order chi connectivity index (χ1) is 14.0. The number of nitrogens with zero attached hydrogens (tertiary/aromatic N) is 2. The maximum Gasteiger partial charge on any atom is 0.263 e. The molecule has 6 heteroatoms. The number of anilines is 1. The van der Waals surface area contributed by atoms with E-state index < -0.39 is 0 Å². The highest BCUT2D eigenvalue weighted by Gasteiger charge is 2.26. The van der Waals surface area contributed by atoms with Gasteiger partial charge in [-0.15, -0.1) is 0 Å². The summed E-state index contributed by atoms with van der Waals surface area (Å²) in [6.07, 6.45) is 5.29. The van der Waals surface area contributed by atoms with E-state index in [1.54, 1.807) is 11.3 Å². The number of fused-ring (bicyclic) bond motifs is 2. The quantitative estimate of drug-likeness (QED) is 0.390. The fourth-order valence-corrected chi connectivity index (χ4v) is 5.09. The maximum atomic E-state index is 6.23. The first-order valence-electron chi connectivity index (χ1n) is 9.83. The molecule has 0 bridgehead atoms. The third kappa shape index (κ3) is 3.89. The molecule has 0 saturated carbocycles. The van der Waals surface area contributed by atoms with Crippen molar-refractivity contribution in [1.82, 2.24) is 0 Å². The number of aromatic nitrogens is 1. The molecule has 0 saturated heterocycles. The van der Waals surface area contributed by atoms with Crippen molar-refractivity contribution in [1.29, 1.82) is 0 Å². The summed E-state index contributed by atoms with van der Waals surface area (Å²) in [7, 11) is 0. The van der Waals surface area contributed by atoms with Crippen LogP contribution in [0.3, 0.4) is 0 Å². The highest BCUT2D eigenvalue weighted by atomic mass is 35.5. The van der Waals surface area contributed by atoms with E-state index in [-0.39, 0.29) is 0 Å². The van der Waals surface area contributed by atoms with E-state index in [0.717, 1.165) is 41.9 Å². The van der Waals surface area contributed by atoms with Gasteiger partial charge in [-0.25, -0.2) is 0 Å². The molecule has 2 aromatic carbocycles. The van der Waals surface area contributed by atoms with E-state index in [0.29, 0.717) is 5.02 Å². The SMILES string of the molecule is CCC(=Cc1sc2ccc(Cl)cc2[n+]1CC)C=C1Oc2ccc(Cl)cc2N1CC. The summed E-state index contributed by atoms with van der Waals surface area (Å²) in [6, 6.07) is 11.8. The highest BCUT2D eigenvalue weighted by Crippen LogP contribution is 2.41. The van der Waals surface area contributed by atoms with Gasteiger partial charge in [0.05, 0.1) is 5.69 Å². The third-order valence-electron chi connectivity index (χ3n) is 5.04. The van der Waals surface area contributed by atoms with Crippen molar-refractivity contribution in [3.63, 3.8) is 0 Å². The van der Waals surface area contributed by atoms with Gasteiger partial charge in [-0.2, -0.15) is 4.57 Å². The molecule has 0 radical (unpaired) electrons. The summed E-state index contributed by atoms with van der Waals surface area (Å²) >= 11 is 14.2. The lowest BCUT2D eigenvalue weighted by atomic mass is 10.2. The van der Waals surface area contributed by atoms with Gasteiger partial charge >= 0.3 is 0 Å². The van der Waals surface area contributed by atoms with Crippen molar-refractivity contribution >= 4 is 56.5 Å². The number of hydrogen-bond acceptors (Lipinski definition) is 3. The van der Waals surface area contributed by atoms with E-state index in [9.17, 15) is 0 Å². The predicted molar refractivity (Wildman–Crippen MR) is 124 cm³/mol. The molecule has 3 nitrogen and oxygen atoms in total. The number of thiazole rings is 1. The minimum Gasteiger partial charge on any atom is -0.439 e. The van der Waals surface area contributed by atoms with Crippen LogP contribution in [0.25, 0.3) is 16.3 Å². The normalized spacial score (nSPS) is 15.3. The van der Waals surface area contributed by atoms with E-state index in [2.05, 4.69) is 48.5 Å². The van der Waals surface area contributed by atoms with Crippen molar-refractivity contribution in [2.75, 3.05) is 11.4 Å². The van der Waals surface area contributed by atoms with Crippen molar-refractivity contribution < 1.29 is 9.30 Å². The Labute approximate surface area is 185 Å². The third-order valence-corrected chi connectivity index (χ3v) is 6.63. The van der Waals surface area contributed by atoms with Gasteiger partial charge in [0.25, 0.3) is 5.01 Å². The Morgan fingerprint density at radius 1 is 1.10 bits per heavy atom. The molecule has 29 heavy (non-hydrogen) atoms. The van der Waals surface area contributed by atoms with Crippen LogP contribution in [0.1, 0.15) is 32.2 Å². The van der Waals surface area contributed by atoms with Crippen molar-refractivity contribution in [2.24, 2.45) is 0 Å². The van der Waals surface area contributed by atoms with Gasteiger partial charge in [-0.1, -0.05) is 41.5 Å². The molecule has 0 spiro atoms. The second-order valence-corrected chi connectivity index (χ2v) is 8.75. The molecular weight excluding hydrogens is 423 g/mol. The molecule has 0 unspecified atom stereocenters. The number of aryl methyl sites for hydroxylation is 1. The summed E-state index contributed by atoms with van der Waals surface area (Å²) in [6.45, 7) is 8.14. The lowest BCUT2D eigenvalue weighted by Gasteiger charge is -2.16. The van der Waals surface area contributed by atoms with Crippen molar-refractivity contribution in [2.45, 2.75) is 33.7 Å². The Bertz CT molecular complexity index is 1130. The van der Waals surface area contributed by atoms with E-state index in [1.807, 2.05) is 30.3 Å². The average Bonchev–Trinajstić information content (AvgIpc) is 3.23. The van der Waals surface area contributed by atoms with Gasteiger partial charge in [-0.3, -0.25) is 0 Å². The van der Waals surface area contributed by atoms with E-state index in [1.165, 1.54) is 20.8 Å². The summed E-state index contributed by atoms with van der Waals surface area (Å²) in [5.41, 5.74) is 3.40. The zero-order valence-electron chi connectivity index (χ0n) is 16.7. The van der Waals surface area contributed by atoms with Crippen LogP contribution in [0.2, 0.25) is 10.0 Å². The van der Waals surface area contributed by atoms with Crippen LogP contribution < -0.4 is 14.2 Å². The first-order valence-corrected chi connectivity index (χ1v) is 11.4. The Morgan fingerprint density at radius 2 is 1.86 bits per heavy atom. The fourth-order valence-electron chi connectivity index (χ4n) is 3.58. The largest absolute Gasteiger partial charge is 0.439 e. The molecule has 1 aliphatic rings. The highest BCUT2D eigenvalue weighted by molar-refractivity contribution is 7.18. The maximum absolute atomic E-state index is 6.23. The number of benzene rings is 2. The molecular formula is C23H23Cl2N2OS+. The molecule has 4 rings (SSSR count). The monoisotopic (exact) mass is 445 g/mol. The molecule has 150 valence electrons. The number of allylic oxidation sites excluding steroid dienone is 2. The standard InChI is InChI=1S/C23H23Cl2N2OS/c1-4-15(11-22-26(5-2)18-13-16(24)7-9-20(18)28-22)12-23-27(6-3)19-14-17(25)8-10-21(19)29-23/h7-14H,4-6H2,1-3H3/q+1. The molecule has 0 fully saturated rings. The van der Waals surface area contributed by atoms with Crippen molar-refractivity contribution in [3.8, 4) is 5.75 Å². The fraction of sp³-hybridized carbons (Fsp3) is 0.261. The number of halogens is 2. The number of hydrogen-bond donors (Lipinski definition) is 0. The average molecular weight is 446 g/mol. The lowest BCUT2D eigenvalue weighted by molar-refractivity contribution is -0.665. The summed E-state index contributed by atoms with van der Waals surface area (Å²) in [5.74, 6) is 1.68. The molecule has 0 atom stereocenters. The molecule has 1 aromatic heterocycles. The van der Waals surface area contributed by atoms with Gasteiger partial charge in [0.2, 0.25) is 11.4 Å². The minimum absolute atomic E-state index is 0.714. The Hall–Kier alpha value is -2.01. The molecule has 3 aromatic rings. The molecule has 2 heterocycles. The lowest BCUT2D eigenvalue weighted by Crippen LogP contribution is -2.33. The van der Waals surface area contributed by atoms with Gasteiger partial charge in [0.15, 0.2) is 5.75 Å². The van der Waals surface area contributed by atoms with Gasteiger partial charge in [-0.05, 0) is 56.2 Å². The Balaban J connectivity index is 1.75. The van der Waals surface area contributed by atoms with Crippen LogP contribution in [0.4, 0.5) is 5.69 Å². The zero-order chi connectivity index (χ0) is 20.5. The molecule has 0 N–H and O–H groups in total. The predicted octanol–water partition coefficient (Wildman–Crippen LogP) is 7.07. The number of rotatable bonds is 5. The minimum atomic E-state index is 0.714. The molecule has 1 aliphatic heterocycles. The van der Waals surface area contributed by atoms with Crippen LogP contribution >= 0.6 is 34.5 Å². The van der Waals surface area contributed by atoms with Crippen LogP contribution in [-0.4, -0.2) is 6.54 Å². The number of ether oxygens (including phenoxy) is 1. The van der Waals surface area contributed by atoms with E-state index in [4.69, 9.17) is 27.9 Å². The molecule has 0 aliphatic carbocycles. The van der Waals surface area contributed by atoms with Crippen molar-refractivity contribution in [3.05, 3.63) is 69.0 Å². The summed E-state index contributed by atoms with van der Waals surface area (Å²) in [4.78, 5) is 2.16. The second-order valence-electron chi connectivity index (χ2n) is 6.81. The Morgan fingerprint density at radius 3 is 2.59 bits per heavy atom. The van der Waals surface area contributed by atoms with Crippen LogP contribution in [-0.2, 0) is 6.54 Å². The first kappa shape index (κ1) is 20.3. The van der Waals surface area contributed by atoms with Crippen LogP contribution in [0.5, 0.6) is 5.75 Å². The smallest absolute Gasteiger partial charge is 0.263 e. The van der Waals surface area contributed by atoms with Crippen LogP contribution in [0.15, 0.2) is 53.9 Å². The Kier molecular flexibility index (Phi) is 5.86. The van der Waals surface area contributed by atoms with Gasteiger partial charge in [0, 0.05) is 34.8 Å². The van der Waals surface area contributed by atoms with E-state index >= 15 is 0 Å². The van der Waals surface area contributed by atoms with Gasteiger partial charge in [0.1, 0.15) is 11.2 Å².